The van der Waals surface area contributed by atoms with Gasteiger partial charge in [-0.1, -0.05) is 13.8 Å². The molecule has 1 aliphatic rings. The summed E-state index contributed by atoms with van der Waals surface area (Å²) in [4.78, 5) is 25.6. The topological polar surface area (TPSA) is 70.7 Å². The highest BCUT2D eigenvalue weighted by molar-refractivity contribution is 5.85. The lowest BCUT2D eigenvalue weighted by atomic mass is 10.1. The van der Waals surface area contributed by atoms with Gasteiger partial charge in [0.05, 0.1) is 19.8 Å². The van der Waals surface area contributed by atoms with Crippen molar-refractivity contribution in [2.45, 2.75) is 39.2 Å². The molecule has 1 atom stereocenters. The van der Waals surface area contributed by atoms with Gasteiger partial charge in [0, 0.05) is 32.1 Å². The fourth-order valence-corrected chi connectivity index (χ4v) is 2.15. The molecule has 6 nitrogen and oxygen atoms in total. The van der Waals surface area contributed by atoms with Crippen LogP contribution in [-0.4, -0.2) is 62.1 Å². The number of ether oxygens (including phenoxy) is 1. The molecule has 124 valence electrons. The second-order valence-corrected chi connectivity index (χ2v) is 5.10. The van der Waals surface area contributed by atoms with Gasteiger partial charge in [-0.25, -0.2) is 0 Å². The predicted molar refractivity (Wildman–Crippen MR) is 84.6 cm³/mol. The summed E-state index contributed by atoms with van der Waals surface area (Å²) in [6, 6.07) is 0.0642. The summed E-state index contributed by atoms with van der Waals surface area (Å²) in [6.45, 7) is 7.48. The van der Waals surface area contributed by atoms with Crippen LogP contribution in [0.3, 0.4) is 0 Å². The van der Waals surface area contributed by atoms with Gasteiger partial charge in [-0.15, -0.1) is 12.4 Å². The van der Waals surface area contributed by atoms with E-state index < -0.39 is 0 Å². The number of amides is 2. The summed E-state index contributed by atoms with van der Waals surface area (Å²) in [5.74, 6) is -0.0667. The first-order valence-electron chi connectivity index (χ1n) is 7.53. The molecule has 1 rings (SSSR count). The highest BCUT2D eigenvalue weighted by Gasteiger charge is 2.22. The first-order chi connectivity index (χ1) is 9.67. The van der Waals surface area contributed by atoms with E-state index in [9.17, 15) is 9.59 Å². The van der Waals surface area contributed by atoms with Gasteiger partial charge < -0.3 is 20.3 Å². The molecule has 0 spiro atoms. The Morgan fingerprint density at radius 3 is 2.67 bits per heavy atom. The Hall–Kier alpha value is -0.850. The standard InChI is InChI=1S/C14H27N3O3.ClH/c1-3-5-16-13(18)10-17(7-4-2)14(19)9-12-11-20-8-6-15-12;/h12,15H,3-11H2,1-2H3,(H,16,18);1H. The van der Waals surface area contributed by atoms with Crippen molar-refractivity contribution >= 4 is 24.2 Å². The number of rotatable bonds is 8. The summed E-state index contributed by atoms with van der Waals surface area (Å²) >= 11 is 0. The Morgan fingerprint density at radius 1 is 1.33 bits per heavy atom. The van der Waals surface area contributed by atoms with Crippen LogP contribution in [-0.2, 0) is 14.3 Å². The number of hydrogen-bond donors (Lipinski definition) is 2. The van der Waals surface area contributed by atoms with Crippen molar-refractivity contribution in [1.82, 2.24) is 15.5 Å². The highest BCUT2D eigenvalue weighted by atomic mass is 35.5. The summed E-state index contributed by atoms with van der Waals surface area (Å²) < 4.78 is 5.34. The average Bonchev–Trinajstić information content (AvgIpc) is 2.45. The SMILES string of the molecule is CCCNC(=O)CN(CCC)C(=O)CC1COCCN1.Cl. The highest BCUT2D eigenvalue weighted by Crippen LogP contribution is 2.04. The molecule has 0 bridgehead atoms. The smallest absolute Gasteiger partial charge is 0.239 e. The molecular formula is C14H28ClN3O3. The molecular weight excluding hydrogens is 294 g/mol. The van der Waals surface area contributed by atoms with E-state index in [-0.39, 0.29) is 36.8 Å². The van der Waals surface area contributed by atoms with E-state index in [1.165, 1.54) is 0 Å². The van der Waals surface area contributed by atoms with Gasteiger partial charge in [0.2, 0.25) is 11.8 Å². The fraction of sp³-hybridized carbons (Fsp3) is 0.857. The van der Waals surface area contributed by atoms with Gasteiger partial charge in [-0.2, -0.15) is 0 Å². The van der Waals surface area contributed by atoms with Crippen molar-refractivity contribution in [3.8, 4) is 0 Å². The third-order valence-electron chi connectivity index (χ3n) is 3.17. The maximum absolute atomic E-state index is 12.3. The Morgan fingerprint density at radius 2 is 2.10 bits per heavy atom. The van der Waals surface area contributed by atoms with Gasteiger partial charge in [-0.05, 0) is 12.8 Å². The molecule has 2 N–H and O–H groups in total. The number of carbonyl (C=O) groups excluding carboxylic acids is 2. The Balaban J connectivity index is 0.00000400. The summed E-state index contributed by atoms with van der Waals surface area (Å²) in [6.07, 6.45) is 2.14. The molecule has 0 aromatic rings. The van der Waals surface area contributed by atoms with E-state index in [2.05, 4.69) is 10.6 Å². The quantitative estimate of drug-likeness (QED) is 0.685. The monoisotopic (exact) mass is 321 g/mol. The zero-order chi connectivity index (χ0) is 14.8. The van der Waals surface area contributed by atoms with Crippen molar-refractivity contribution < 1.29 is 14.3 Å². The number of halogens is 1. The van der Waals surface area contributed by atoms with Gasteiger partial charge in [0.1, 0.15) is 0 Å². The van der Waals surface area contributed by atoms with Crippen molar-refractivity contribution in [1.29, 1.82) is 0 Å². The Kier molecular flexibility index (Phi) is 11.3. The second kappa shape index (κ2) is 11.8. The van der Waals surface area contributed by atoms with Crippen LogP contribution in [0.5, 0.6) is 0 Å². The van der Waals surface area contributed by atoms with Crippen LogP contribution < -0.4 is 10.6 Å². The van der Waals surface area contributed by atoms with Crippen LogP contribution >= 0.6 is 12.4 Å². The lowest BCUT2D eigenvalue weighted by Gasteiger charge is -2.27. The first-order valence-corrected chi connectivity index (χ1v) is 7.53. The molecule has 0 aromatic carbocycles. The fourth-order valence-electron chi connectivity index (χ4n) is 2.15. The van der Waals surface area contributed by atoms with Crippen LogP contribution in [0.25, 0.3) is 0 Å². The van der Waals surface area contributed by atoms with Gasteiger partial charge in [0.25, 0.3) is 0 Å². The van der Waals surface area contributed by atoms with Gasteiger partial charge in [0.15, 0.2) is 0 Å². The maximum Gasteiger partial charge on any atom is 0.239 e. The maximum atomic E-state index is 12.3. The van der Waals surface area contributed by atoms with Crippen LogP contribution in [0.1, 0.15) is 33.1 Å². The molecule has 21 heavy (non-hydrogen) atoms. The Labute approximate surface area is 133 Å². The lowest BCUT2D eigenvalue weighted by Crippen LogP contribution is -2.47. The Bertz CT molecular complexity index is 310. The first kappa shape index (κ1) is 20.1. The molecule has 0 aromatic heterocycles. The van der Waals surface area contributed by atoms with E-state index in [1.807, 2.05) is 13.8 Å². The molecule has 1 aliphatic heterocycles. The van der Waals surface area contributed by atoms with E-state index in [0.29, 0.717) is 32.7 Å². The molecule has 1 unspecified atom stereocenters. The summed E-state index contributed by atoms with van der Waals surface area (Å²) in [5, 5.41) is 6.07. The molecule has 2 amide bonds. The molecule has 0 radical (unpaired) electrons. The number of nitrogens with zero attached hydrogens (tertiary/aromatic N) is 1. The van der Waals surface area contributed by atoms with Crippen LogP contribution in [0.4, 0.5) is 0 Å². The number of carbonyl (C=O) groups is 2. The van der Waals surface area contributed by atoms with E-state index in [4.69, 9.17) is 4.74 Å². The van der Waals surface area contributed by atoms with Crippen LogP contribution in [0, 0.1) is 0 Å². The average molecular weight is 322 g/mol. The normalized spacial score (nSPS) is 17.7. The van der Waals surface area contributed by atoms with E-state index in [1.54, 1.807) is 4.90 Å². The van der Waals surface area contributed by atoms with E-state index >= 15 is 0 Å². The third kappa shape index (κ3) is 8.24. The van der Waals surface area contributed by atoms with Crippen molar-refractivity contribution in [2.24, 2.45) is 0 Å². The summed E-state index contributed by atoms with van der Waals surface area (Å²) in [5.41, 5.74) is 0. The molecule has 1 fully saturated rings. The molecule has 0 saturated carbocycles. The van der Waals surface area contributed by atoms with Crippen LogP contribution in [0.15, 0.2) is 0 Å². The summed E-state index contributed by atoms with van der Waals surface area (Å²) in [7, 11) is 0. The zero-order valence-corrected chi connectivity index (χ0v) is 13.8. The van der Waals surface area contributed by atoms with Gasteiger partial charge in [-0.3, -0.25) is 9.59 Å². The second-order valence-electron chi connectivity index (χ2n) is 5.10. The van der Waals surface area contributed by atoms with Crippen LogP contribution in [0.2, 0.25) is 0 Å². The van der Waals surface area contributed by atoms with Crippen molar-refractivity contribution in [3.63, 3.8) is 0 Å². The third-order valence-corrected chi connectivity index (χ3v) is 3.17. The lowest BCUT2D eigenvalue weighted by molar-refractivity contribution is -0.137. The number of nitrogens with one attached hydrogen (secondary N) is 2. The number of hydrogen-bond acceptors (Lipinski definition) is 4. The van der Waals surface area contributed by atoms with Gasteiger partial charge >= 0.3 is 0 Å². The minimum Gasteiger partial charge on any atom is -0.378 e. The molecule has 1 saturated heterocycles. The minimum absolute atomic E-state index is 0. The number of morpholine rings is 1. The largest absolute Gasteiger partial charge is 0.378 e. The molecule has 1 heterocycles. The van der Waals surface area contributed by atoms with Crippen molar-refractivity contribution in [3.05, 3.63) is 0 Å². The van der Waals surface area contributed by atoms with Crippen molar-refractivity contribution in [2.75, 3.05) is 39.4 Å². The molecule has 7 heteroatoms. The minimum atomic E-state index is -0.0819. The van der Waals surface area contributed by atoms with E-state index in [0.717, 1.165) is 19.4 Å². The zero-order valence-electron chi connectivity index (χ0n) is 13.0. The molecule has 0 aliphatic carbocycles. The predicted octanol–water partition coefficient (Wildman–Crippen LogP) is 0.552.